The van der Waals surface area contributed by atoms with E-state index >= 15 is 0 Å². The van der Waals surface area contributed by atoms with E-state index in [2.05, 4.69) is 33.0 Å². The van der Waals surface area contributed by atoms with Crippen molar-refractivity contribution in [3.8, 4) is 5.75 Å². The molecule has 2 aromatic carbocycles. The van der Waals surface area contributed by atoms with Gasteiger partial charge < -0.3 is 14.8 Å². The average molecular weight is 383 g/mol. The van der Waals surface area contributed by atoms with Gasteiger partial charge in [-0.05, 0) is 29.0 Å². The number of anilines is 1. The third kappa shape index (κ3) is 5.59. The van der Waals surface area contributed by atoms with Crippen molar-refractivity contribution in [1.82, 2.24) is 0 Å². The van der Waals surface area contributed by atoms with E-state index in [0.29, 0.717) is 5.75 Å². The molecule has 1 amide bonds. The Kier molecular flexibility index (Phi) is 7.61. The second kappa shape index (κ2) is 9.93. The van der Waals surface area contributed by atoms with Crippen LogP contribution in [0.5, 0.6) is 5.75 Å². The van der Waals surface area contributed by atoms with E-state index < -0.39 is 5.97 Å². The molecule has 0 heterocycles. The minimum Gasteiger partial charge on any atom is -0.496 e. The van der Waals surface area contributed by atoms with Gasteiger partial charge in [0.1, 0.15) is 5.75 Å². The number of carbonyl (C=O) groups excluding carboxylic acids is 2. The molecule has 0 saturated carbocycles. The largest absolute Gasteiger partial charge is 0.496 e. The van der Waals surface area contributed by atoms with Crippen LogP contribution in [-0.4, -0.2) is 25.6 Å². The average Bonchev–Trinajstić information content (AvgIpc) is 2.66. The lowest BCUT2D eigenvalue weighted by atomic mass is 9.92. The normalized spacial score (nSPS) is 10.8. The molecule has 150 valence electrons. The fraction of sp³-hybridized carbons (Fsp3) is 0.391. The zero-order chi connectivity index (χ0) is 20.7. The minimum atomic E-state index is -0.471. The van der Waals surface area contributed by atoms with Gasteiger partial charge in [0.2, 0.25) is 0 Å². The third-order valence-corrected chi connectivity index (χ3v) is 4.53. The molecule has 5 heteroatoms. The number of rotatable bonds is 8. The Morgan fingerprint density at radius 3 is 2.11 bits per heavy atom. The molecule has 0 bridgehead atoms. The molecule has 0 unspecified atom stereocenters. The van der Waals surface area contributed by atoms with Gasteiger partial charge in [-0.25, -0.2) is 0 Å². The van der Waals surface area contributed by atoms with Gasteiger partial charge in [0.25, 0.3) is 5.91 Å². The van der Waals surface area contributed by atoms with E-state index in [-0.39, 0.29) is 30.8 Å². The molecule has 0 aliphatic heterocycles. The Labute approximate surface area is 167 Å². The molecule has 0 fully saturated rings. The number of para-hydroxylation sites is 2. The van der Waals surface area contributed by atoms with E-state index in [1.54, 1.807) is 19.2 Å². The van der Waals surface area contributed by atoms with Gasteiger partial charge in [-0.15, -0.1) is 0 Å². The number of hydrogen-bond donors (Lipinski definition) is 1. The fourth-order valence-corrected chi connectivity index (χ4v) is 3.07. The summed E-state index contributed by atoms with van der Waals surface area (Å²) in [6, 6.07) is 13.3. The van der Waals surface area contributed by atoms with Crippen LogP contribution in [0, 0.1) is 0 Å². The molecular formula is C23H29NO4. The smallest absolute Gasteiger partial charge is 0.310 e. The highest BCUT2D eigenvalue weighted by atomic mass is 16.5. The molecule has 2 aromatic rings. The predicted molar refractivity (Wildman–Crippen MR) is 111 cm³/mol. The Morgan fingerprint density at radius 2 is 1.54 bits per heavy atom. The molecule has 0 aromatic heterocycles. The topological polar surface area (TPSA) is 64.6 Å². The summed E-state index contributed by atoms with van der Waals surface area (Å²) in [5.41, 5.74) is 3.68. The van der Waals surface area contributed by atoms with Crippen LogP contribution in [0.1, 0.15) is 56.2 Å². The quantitative estimate of drug-likeness (QED) is 0.673. The van der Waals surface area contributed by atoms with Crippen molar-refractivity contribution >= 4 is 17.6 Å². The molecule has 5 nitrogen and oxygen atoms in total. The van der Waals surface area contributed by atoms with Crippen molar-refractivity contribution in [2.24, 2.45) is 0 Å². The number of benzene rings is 2. The van der Waals surface area contributed by atoms with Crippen molar-refractivity contribution in [2.45, 2.75) is 46.0 Å². The number of carbonyl (C=O) groups is 2. The van der Waals surface area contributed by atoms with Gasteiger partial charge in [-0.1, -0.05) is 64.1 Å². The van der Waals surface area contributed by atoms with E-state index in [1.807, 2.05) is 30.3 Å². The van der Waals surface area contributed by atoms with E-state index in [1.165, 1.54) is 0 Å². The zero-order valence-electron chi connectivity index (χ0n) is 17.2. The lowest BCUT2D eigenvalue weighted by molar-refractivity contribution is -0.146. The van der Waals surface area contributed by atoms with Crippen molar-refractivity contribution in [2.75, 3.05) is 19.0 Å². The van der Waals surface area contributed by atoms with Crippen molar-refractivity contribution in [3.63, 3.8) is 0 Å². The maximum absolute atomic E-state index is 12.4. The number of ether oxygens (including phenoxy) is 2. The molecule has 0 saturated heterocycles. The number of esters is 1. The summed E-state index contributed by atoms with van der Waals surface area (Å²) >= 11 is 0. The first-order chi connectivity index (χ1) is 13.3. The second-order valence-electron chi connectivity index (χ2n) is 7.32. The summed E-state index contributed by atoms with van der Waals surface area (Å²) in [7, 11) is 1.55. The van der Waals surface area contributed by atoms with Crippen LogP contribution in [0.4, 0.5) is 5.69 Å². The summed E-state index contributed by atoms with van der Waals surface area (Å²) in [6.45, 7) is 8.02. The summed E-state index contributed by atoms with van der Waals surface area (Å²) in [5, 5.41) is 2.94. The molecule has 1 N–H and O–H groups in total. The van der Waals surface area contributed by atoms with E-state index in [0.717, 1.165) is 22.4 Å². The van der Waals surface area contributed by atoms with Crippen molar-refractivity contribution in [3.05, 3.63) is 59.2 Å². The Morgan fingerprint density at radius 1 is 0.929 bits per heavy atom. The van der Waals surface area contributed by atoms with Gasteiger partial charge in [0, 0.05) is 11.3 Å². The van der Waals surface area contributed by atoms with Crippen LogP contribution < -0.4 is 10.1 Å². The summed E-state index contributed by atoms with van der Waals surface area (Å²) in [6.07, 6.45) is 0.0527. The molecule has 0 aliphatic rings. The number of amides is 1. The third-order valence-electron chi connectivity index (χ3n) is 4.53. The van der Waals surface area contributed by atoms with Crippen LogP contribution in [-0.2, 0) is 20.7 Å². The highest BCUT2D eigenvalue weighted by Crippen LogP contribution is 2.32. The summed E-state index contributed by atoms with van der Waals surface area (Å²) in [4.78, 5) is 24.6. The minimum absolute atomic E-state index is 0.0527. The van der Waals surface area contributed by atoms with Gasteiger partial charge in [-0.2, -0.15) is 0 Å². The first kappa shape index (κ1) is 21.5. The standard InChI is InChI=1S/C23H29NO4/c1-15(2)18-10-8-11-19(16(3)4)23(18)24-21(25)14-28-22(26)13-17-9-6-7-12-20(17)27-5/h6-12,15-16H,13-14H2,1-5H3,(H,24,25). The highest BCUT2D eigenvalue weighted by molar-refractivity contribution is 5.94. The van der Waals surface area contributed by atoms with Crippen LogP contribution in [0.3, 0.4) is 0 Å². The predicted octanol–water partition coefficient (Wildman–Crippen LogP) is 4.67. The van der Waals surface area contributed by atoms with Gasteiger partial charge >= 0.3 is 5.97 Å². The lowest BCUT2D eigenvalue weighted by Crippen LogP contribution is -2.23. The Hall–Kier alpha value is -2.82. The second-order valence-corrected chi connectivity index (χ2v) is 7.32. The Bertz CT molecular complexity index is 801. The van der Waals surface area contributed by atoms with Gasteiger partial charge in [0.05, 0.1) is 13.5 Å². The maximum atomic E-state index is 12.4. The van der Waals surface area contributed by atoms with Crippen LogP contribution in [0.15, 0.2) is 42.5 Å². The van der Waals surface area contributed by atoms with Crippen LogP contribution >= 0.6 is 0 Å². The first-order valence-electron chi connectivity index (χ1n) is 9.53. The van der Waals surface area contributed by atoms with Gasteiger partial charge in [0.15, 0.2) is 6.61 Å². The zero-order valence-corrected chi connectivity index (χ0v) is 17.2. The molecular weight excluding hydrogens is 354 g/mol. The summed E-state index contributed by atoms with van der Waals surface area (Å²) < 4.78 is 10.4. The van der Waals surface area contributed by atoms with Crippen LogP contribution in [0.2, 0.25) is 0 Å². The molecule has 28 heavy (non-hydrogen) atoms. The summed E-state index contributed by atoms with van der Waals surface area (Å²) in [5.74, 6) is 0.338. The molecule has 0 spiro atoms. The van der Waals surface area contributed by atoms with Crippen LogP contribution in [0.25, 0.3) is 0 Å². The first-order valence-corrected chi connectivity index (χ1v) is 9.53. The van der Waals surface area contributed by atoms with E-state index in [4.69, 9.17) is 9.47 Å². The number of hydrogen-bond acceptors (Lipinski definition) is 4. The van der Waals surface area contributed by atoms with E-state index in [9.17, 15) is 9.59 Å². The Balaban J connectivity index is 2.02. The number of methoxy groups -OCH3 is 1. The molecule has 0 radical (unpaired) electrons. The molecule has 0 aliphatic carbocycles. The number of nitrogens with one attached hydrogen (secondary N) is 1. The van der Waals surface area contributed by atoms with Crippen molar-refractivity contribution in [1.29, 1.82) is 0 Å². The van der Waals surface area contributed by atoms with Gasteiger partial charge in [-0.3, -0.25) is 9.59 Å². The molecule has 2 rings (SSSR count). The monoisotopic (exact) mass is 383 g/mol. The maximum Gasteiger partial charge on any atom is 0.310 e. The highest BCUT2D eigenvalue weighted by Gasteiger charge is 2.17. The fourth-order valence-electron chi connectivity index (χ4n) is 3.07. The van der Waals surface area contributed by atoms with Crippen molar-refractivity contribution < 1.29 is 19.1 Å². The SMILES string of the molecule is COc1ccccc1CC(=O)OCC(=O)Nc1c(C(C)C)cccc1C(C)C. The lowest BCUT2D eigenvalue weighted by Gasteiger charge is -2.20. The molecule has 0 atom stereocenters.